The third-order valence-electron chi connectivity index (χ3n) is 3.58. The zero-order chi connectivity index (χ0) is 17.5. The number of aliphatic hydroxyl groups is 1. The second-order valence-electron chi connectivity index (χ2n) is 6.50. The van der Waals surface area contributed by atoms with Crippen LogP contribution in [0.1, 0.15) is 33.3 Å². The summed E-state index contributed by atoms with van der Waals surface area (Å²) in [5.41, 5.74) is 6.09. The van der Waals surface area contributed by atoms with Crippen molar-refractivity contribution in [2.75, 3.05) is 0 Å². The lowest BCUT2D eigenvalue weighted by atomic mass is 9.87. The Morgan fingerprint density at radius 2 is 1.70 bits per heavy atom. The van der Waals surface area contributed by atoms with Crippen molar-refractivity contribution in [3.63, 3.8) is 0 Å². The summed E-state index contributed by atoms with van der Waals surface area (Å²) >= 11 is 0. The molecule has 1 aromatic carbocycles. The van der Waals surface area contributed by atoms with Crippen LogP contribution in [0.5, 0.6) is 5.75 Å². The predicted octanol–water partition coefficient (Wildman–Crippen LogP) is 1.95. The van der Waals surface area contributed by atoms with Crippen molar-refractivity contribution in [3.8, 4) is 5.75 Å². The van der Waals surface area contributed by atoms with Crippen molar-refractivity contribution in [3.05, 3.63) is 54.4 Å². The van der Waals surface area contributed by atoms with Crippen LogP contribution in [0.25, 0.3) is 0 Å². The third-order valence-corrected chi connectivity index (χ3v) is 3.58. The molecule has 2 radical (unpaired) electrons. The van der Waals surface area contributed by atoms with E-state index in [9.17, 15) is 5.11 Å². The summed E-state index contributed by atoms with van der Waals surface area (Å²) in [6.45, 7) is 7.52. The van der Waals surface area contributed by atoms with E-state index in [-0.39, 0.29) is 0 Å². The highest BCUT2D eigenvalue weighted by molar-refractivity contribution is 6.32. The number of aromatic nitrogens is 1. The summed E-state index contributed by atoms with van der Waals surface area (Å²) in [6.07, 6.45) is 3.41. The molecule has 5 heteroatoms. The smallest absolute Gasteiger partial charge is 0.122 e. The van der Waals surface area contributed by atoms with Gasteiger partial charge in [0.15, 0.2) is 0 Å². The molecule has 0 saturated carbocycles. The van der Waals surface area contributed by atoms with Gasteiger partial charge in [-0.1, -0.05) is 29.7 Å². The molecule has 2 aromatic rings. The van der Waals surface area contributed by atoms with Crippen LogP contribution in [0.3, 0.4) is 0 Å². The molecule has 0 bridgehead atoms. The Bertz CT molecular complexity index is 578. The van der Waals surface area contributed by atoms with Crippen LogP contribution in [-0.4, -0.2) is 29.1 Å². The number of rotatable bonds is 4. The first-order valence-corrected chi connectivity index (χ1v) is 7.48. The Labute approximate surface area is 140 Å². The summed E-state index contributed by atoms with van der Waals surface area (Å²) < 4.78 is 5.55. The summed E-state index contributed by atoms with van der Waals surface area (Å²) in [5.74, 6) is 0.812. The van der Waals surface area contributed by atoms with E-state index in [0.717, 1.165) is 16.8 Å². The fourth-order valence-corrected chi connectivity index (χ4v) is 1.28. The molecule has 4 nitrogen and oxygen atoms in total. The number of hydrogen-bond donors (Lipinski definition) is 2. The van der Waals surface area contributed by atoms with Gasteiger partial charge in [-0.25, -0.2) is 0 Å². The van der Waals surface area contributed by atoms with Gasteiger partial charge in [-0.2, -0.15) is 0 Å². The van der Waals surface area contributed by atoms with Gasteiger partial charge in [0.05, 0.1) is 5.60 Å². The molecule has 1 aromatic heterocycles. The topological polar surface area (TPSA) is 68.4 Å². The van der Waals surface area contributed by atoms with E-state index < -0.39 is 11.1 Å². The monoisotopic (exact) mass is 312 g/mol. The van der Waals surface area contributed by atoms with Gasteiger partial charge in [0, 0.05) is 17.9 Å². The third kappa shape index (κ3) is 7.31. The Hall–Kier alpha value is -1.85. The van der Waals surface area contributed by atoms with Crippen LogP contribution < -0.4 is 15.9 Å². The van der Waals surface area contributed by atoms with Crippen molar-refractivity contribution in [2.45, 2.75) is 45.4 Å². The Morgan fingerprint density at radius 3 is 2.17 bits per heavy atom. The van der Waals surface area contributed by atoms with Gasteiger partial charge in [-0.3, -0.25) is 4.98 Å². The molecule has 0 atom stereocenters. The van der Waals surface area contributed by atoms with E-state index in [1.54, 1.807) is 40.1 Å². The normalized spacial score (nSPS) is 11.4. The van der Waals surface area contributed by atoms with Gasteiger partial charge in [0.1, 0.15) is 20.2 Å². The largest absolute Gasteiger partial charge is 0.489 e. The second kappa shape index (κ2) is 8.13. The quantitative estimate of drug-likeness (QED) is 0.847. The number of ether oxygens (including phenoxy) is 1. The molecule has 0 spiro atoms. The number of hydrogen-bond acceptors (Lipinski definition) is 4. The minimum atomic E-state index is -0.785. The molecule has 0 unspecified atom stereocenters. The van der Waals surface area contributed by atoms with Crippen LogP contribution in [0.4, 0.5) is 0 Å². The maximum Gasteiger partial charge on any atom is 0.122 e. The maximum atomic E-state index is 9.23. The van der Waals surface area contributed by atoms with Crippen LogP contribution in [-0.2, 0) is 6.61 Å². The molecule has 3 N–H and O–H groups in total. The van der Waals surface area contributed by atoms with E-state index in [2.05, 4.69) is 4.98 Å². The first kappa shape index (κ1) is 19.2. The molecular weight excluding hydrogens is 287 g/mol. The Balaban J connectivity index is 0.000000284. The van der Waals surface area contributed by atoms with Gasteiger partial charge in [-0.05, 0) is 45.4 Å². The lowest BCUT2D eigenvalue weighted by molar-refractivity contribution is 0.0144. The highest BCUT2D eigenvalue weighted by Gasteiger charge is 2.30. The standard InChI is InChI=1S/C12H10BNO.C6H15NO/c13-11-3-1-2-10(8-11)9-15-12-4-6-14-7-5-12;1-5(2,7)6(3,4)8/h1-8H,9H2;8H,7H2,1-4H3. The summed E-state index contributed by atoms with van der Waals surface area (Å²) in [5, 5.41) is 9.23. The second-order valence-corrected chi connectivity index (χ2v) is 6.50. The predicted molar refractivity (Wildman–Crippen MR) is 95.0 cm³/mol. The molecule has 0 fully saturated rings. The fraction of sp³-hybridized carbons (Fsp3) is 0.389. The summed E-state index contributed by atoms with van der Waals surface area (Å²) in [6, 6.07) is 11.3. The summed E-state index contributed by atoms with van der Waals surface area (Å²) in [4.78, 5) is 3.91. The van der Waals surface area contributed by atoms with Crippen LogP contribution in [0.15, 0.2) is 48.8 Å². The number of benzene rings is 1. The minimum Gasteiger partial charge on any atom is -0.489 e. The van der Waals surface area contributed by atoms with Gasteiger partial charge in [0.25, 0.3) is 0 Å². The zero-order valence-corrected chi connectivity index (χ0v) is 14.3. The molecule has 0 aliphatic rings. The molecule has 23 heavy (non-hydrogen) atoms. The molecule has 0 aliphatic heterocycles. The Kier molecular flexibility index (Phi) is 6.79. The summed E-state index contributed by atoms with van der Waals surface area (Å²) in [7, 11) is 5.66. The van der Waals surface area contributed by atoms with E-state index in [1.807, 2.05) is 36.4 Å². The highest BCUT2D eigenvalue weighted by atomic mass is 16.5. The number of pyridine rings is 1. The van der Waals surface area contributed by atoms with Crippen LogP contribution in [0, 0.1) is 0 Å². The van der Waals surface area contributed by atoms with Gasteiger partial charge < -0.3 is 15.6 Å². The van der Waals surface area contributed by atoms with Crippen LogP contribution in [0.2, 0.25) is 0 Å². The lowest BCUT2D eigenvalue weighted by Crippen LogP contribution is -2.52. The molecule has 2 rings (SSSR count). The van der Waals surface area contributed by atoms with Crippen molar-refractivity contribution in [2.24, 2.45) is 5.73 Å². The SMILES string of the molecule is CC(C)(N)C(C)(C)O.[B]c1cccc(COc2ccncc2)c1. The van der Waals surface area contributed by atoms with Gasteiger partial charge in [-0.15, -0.1) is 0 Å². The number of nitrogens with two attached hydrogens (primary N) is 1. The van der Waals surface area contributed by atoms with E-state index >= 15 is 0 Å². The maximum absolute atomic E-state index is 9.23. The van der Waals surface area contributed by atoms with Crippen LogP contribution >= 0.6 is 0 Å². The first-order chi connectivity index (χ1) is 10.6. The number of nitrogens with zero attached hydrogens (tertiary/aromatic N) is 1. The first-order valence-electron chi connectivity index (χ1n) is 7.48. The van der Waals surface area contributed by atoms with E-state index in [0.29, 0.717) is 6.61 Å². The van der Waals surface area contributed by atoms with Gasteiger partial charge in [0.2, 0.25) is 0 Å². The minimum absolute atomic E-state index is 0.507. The highest BCUT2D eigenvalue weighted by Crippen LogP contribution is 2.16. The molecule has 122 valence electrons. The molecule has 0 saturated heterocycles. The van der Waals surface area contributed by atoms with E-state index in [1.165, 1.54) is 0 Å². The molecular formula is C18H25BN2O2. The zero-order valence-electron chi connectivity index (χ0n) is 14.3. The van der Waals surface area contributed by atoms with Crippen molar-refractivity contribution in [1.82, 2.24) is 4.98 Å². The Morgan fingerprint density at radius 1 is 1.13 bits per heavy atom. The van der Waals surface area contributed by atoms with Crippen molar-refractivity contribution < 1.29 is 9.84 Å². The lowest BCUT2D eigenvalue weighted by Gasteiger charge is -2.32. The van der Waals surface area contributed by atoms with E-state index in [4.69, 9.17) is 18.3 Å². The molecule has 1 heterocycles. The molecule has 0 aliphatic carbocycles. The molecule has 0 amide bonds. The average Bonchev–Trinajstić information content (AvgIpc) is 2.45. The fourth-order valence-electron chi connectivity index (χ4n) is 1.28. The van der Waals surface area contributed by atoms with Crippen molar-refractivity contribution >= 4 is 13.3 Å². The van der Waals surface area contributed by atoms with Gasteiger partial charge >= 0.3 is 0 Å². The average molecular weight is 312 g/mol. The van der Waals surface area contributed by atoms with Crippen molar-refractivity contribution in [1.29, 1.82) is 0 Å².